The van der Waals surface area contributed by atoms with Gasteiger partial charge >= 0.3 is 0 Å². The zero-order valence-corrected chi connectivity index (χ0v) is 25.7. The molecular formula is C35H39FN4O2S. The van der Waals surface area contributed by atoms with Gasteiger partial charge in [0.15, 0.2) is 5.16 Å². The molecule has 4 aromatic rings. The molecule has 5 rings (SSSR count). The van der Waals surface area contributed by atoms with Gasteiger partial charge in [-0.3, -0.25) is 19.1 Å². The van der Waals surface area contributed by atoms with Gasteiger partial charge in [-0.2, -0.15) is 0 Å². The molecule has 0 aliphatic carbocycles. The number of nitrogens with zero attached hydrogens (tertiary/aromatic N) is 4. The first kappa shape index (κ1) is 30.7. The van der Waals surface area contributed by atoms with Gasteiger partial charge < -0.3 is 4.90 Å². The molecule has 2 heterocycles. The van der Waals surface area contributed by atoms with E-state index in [-0.39, 0.29) is 29.7 Å². The summed E-state index contributed by atoms with van der Waals surface area (Å²) >= 11 is 1.53. The average Bonchev–Trinajstić information content (AvgIpc) is 3.03. The number of unbranched alkanes of at least 4 members (excludes halogenated alkanes) is 1. The molecule has 0 N–H and O–H groups in total. The Bertz CT molecular complexity index is 1530. The molecule has 0 radical (unpaired) electrons. The van der Waals surface area contributed by atoms with Crippen molar-refractivity contribution in [1.82, 2.24) is 19.4 Å². The van der Waals surface area contributed by atoms with Gasteiger partial charge in [0, 0.05) is 63.1 Å². The Labute approximate surface area is 257 Å². The van der Waals surface area contributed by atoms with Gasteiger partial charge in [0.2, 0.25) is 5.91 Å². The Morgan fingerprint density at radius 1 is 0.884 bits per heavy atom. The van der Waals surface area contributed by atoms with E-state index in [1.807, 2.05) is 24.0 Å². The molecule has 3 aromatic carbocycles. The van der Waals surface area contributed by atoms with Crippen LogP contribution in [-0.4, -0.2) is 57.2 Å². The molecular weight excluding hydrogens is 559 g/mol. The Kier molecular flexibility index (Phi) is 10.4. The average molecular weight is 599 g/mol. The maximum Gasteiger partial charge on any atom is 0.257 e. The summed E-state index contributed by atoms with van der Waals surface area (Å²) in [4.78, 5) is 35.2. The molecule has 0 spiro atoms. The molecule has 1 fully saturated rings. The summed E-state index contributed by atoms with van der Waals surface area (Å²) in [5.41, 5.74) is 4.03. The summed E-state index contributed by atoms with van der Waals surface area (Å²) < 4.78 is 15.7. The van der Waals surface area contributed by atoms with Crippen LogP contribution in [0.1, 0.15) is 53.3 Å². The number of aryl methyl sites for hydroxylation is 1. The maximum atomic E-state index is 14.1. The van der Waals surface area contributed by atoms with Gasteiger partial charge in [-0.15, -0.1) is 0 Å². The van der Waals surface area contributed by atoms with E-state index < -0.39 is 0 Å². The van der Waals surface area contributed by atoms with Crippen molar-refractivity contribution in [1.29, 1.82) is 0 Å². The van der Waals surface area contributed by atoms with Crippen LogP contribution < -0.4 is 5.56 Å². The SMILES string of the molecule is Cc1nc(SCCCCC(=O)N2CCN(C(c3ccccc3)c3ccccc3)CC2)n(C)c(=O)c1Cc1ccccc1F. The predicted octanol–water partition coefficient (Wildman–Crippen LogP) is 6.01. The van der Waals surface area contributed by atoms with E-state index >= 15 is 0 Å². The largest absolute Gasteiger partial charge is 0.340 e. The second-order valence-corrected chi connectivity index (χ2v) is 12.1. The lowest BCUT2D eigenvalue weighted by Crippen LogP contribution is -2.49. The van der Waals surface area contributed by atoms with Crippen LogP contribution >= 0.6 is 11.8 Å². The molecule has 1 amide bonds. The second-order valence-electron chi connectivity index (χ2n) is 11.0. The number of halogens is 1. The molecule has 1 aliphatic rings. The summed E-state index contributed by atoms with van der Waals surface area (Å²) in [6.07, 6.45) is 2.39. The van der Waals surface area contributed by atoms with Gasteiger partial charge in [-0.1, -0.05) is 90.6 Å². The van der Waals surface area contributed by atoms with Crippen molar-refractivity contribution in [2.75, 3.05) is 31.9 Å². The molecule has 1 aromatic heterocycles. The van der Waals surface area contributed by atoms with E-state index in [4.69, 9.17) is 0 Å². The van der Waals surface area contributed by atoms with Gasteiger partial charge in [-0.05, 0) is 42.5 Å². The number of amides is 1. The van der Waals surface area contributed by atoms with E-state index in [9.17, 15) is 14.0 Å². The first-order valence-corrected chi connectivity index (χ1v) is 16.0. The third-order valence-electron chi connectivity index (χ3n) is 8.15. The number of hydrogen-bond acceptors (Lipinski definition) is 5. The zero-order chi connectivity index (χ0) is 30.2. The number of hydrogen-bond donors (Lipinski definition) is 0. The number of piperazine rings is 1. The fraction of sp³-hybridized carbons (Fsp3) is 0.343. The minimum Gasteiger partial charge on any atom is -0.340 e. The highest BCUT2D eigenvalue weighted by Gasteiger charge is 2.28. The summed E-state index contributed by atoms with van der Waals surface area (Å²) in [5.74, 6) is 0.658. The lowest BCUT2D eigenvalue weighted by atomic mass is 9.96. The quantitative estimate of drug-likeness (QED) is 0.120. The monoisotopic (exact) mass is 598 g/mol. The van der Waals surface area contributed by atoms with Crippen molar-refractivity contribution < 1.29 is 9.18 Å². The first-order chi connectivity index (χ1) is 20.9. The third-order valence-corrected chi connectivity index (χ3v) is 9.27. The van der Waals surface area contributed by atoms with Crippen molar-refractivity contribution in [3.63, 3.8) is 0 Å². The maximum absolute atomic E-state index is 14.1. The number of benzene rings is 3. The number of rotatable bonds is 11. The molecule has 0 bridgehead atoms. The van der Waals surface area contributed by atoms with E-state index in [1.165, 1.54) is 29.0 Å². The summed E-state index contributed by atoms with van der Waals surface area (Å²) in [6.45, 7) is 4.94. The lowest BCUT2D eigenvalue weighted by Gasteiger charge is -2.40. The van der Waals surface area contributed by atoms with Gasteiger partial charge in [0.25, 0.3) is 5.56 Å². The van der Waals surface area contributed by atoms with Crippen LogP contribution in [0.15, 0.2) is 94.9 Å². The summed E-state index contributed by atoms with van der Waals surface area (Å²) in [6, 6.07) is 27.9. The number of carbonyl (C=O) groups excluding carboxylic acids is 1. The minimum atomic E-state index is -0.317. The molecule has 0 unspecified atom stereocenters. The molecule has 1 aliphatic heterocycles. The second kappa shape index (κ2) is 14.6. The van der Waals surface area contributed by atoms with E-state index in [2.05, 4.69) is 58.4 Å². The summed E-state index contributed by atoms with van der Waals surface area (Å²) in [5, 5.41) is 0.647. The molecule has 43 heavy (non-hydrogen) atoms. The van der Waals surface area contributed by atoms with E-state index in [0.29, 0.717) is 28.4 Å². The van der Waals surface area contributed by atoms with Crippen molar-refractivity contribution >= 4 is 17.7 Å². The van der Waals surface area contributed by atoms with Crippen LogP contribution in [0.5, 0.6) is 0 Å². The molecule has 224 valence electrons. The van der Waals surface area contributed by atoms with Crippen molar-refractivity contribution in [3.05, 3.63) is 129 Å². The normalized spacial score (nSPS) is 13.9. The van der Waals surface area contributed by atoms with E-state index in [0.717, 1.165) is 44.8 Å². The van der Waals surface area contributed by atoms with Crippen LogP contribution in [0.3, 0.4) is 0 Å². The van der Waals surface area contributed by atoms with Crippen molar-refractivity contribution in [2.45, 2.75) is 43.8 Å². The Morgan fingerprint density at radius 2 is 1.49 bits per heavy atom. The summed E-state index contributed by atoms with van der Waals surface area (Å²) in [7, 11) is 1.71. The third kappa shape index (κ3) is 7.61. The van der Waals surface area contributed by atoms with Crippen molar-refractivity contribution in [3.8, 4) is 0 Å². The van der Waals surface area contributed by atoms with E-state index in [1.54, 1.807) is 29.8 Å². The van der Waals surface area contributed by atoms with Gasteiger partial charge in [0.05, 0.1) is 6.04 Å². The lowest BCUT2D eigenvalue weighted by molar-refractivity contribution is -0.133. The Balaban J connectivity index is 1.09. The zero-order valence-electron chi connectivity index (χ0n) is 24.9. The van der Waals surface area contributed by atoms with Crippen LogP contribution in [0, 0.1) is 12.7 Å². The van der Waals surface area contributed by atoms with Crippen molar-refractivity contribution in [2.24, 2.45) is 7.05 Å². The van der Waals surface area contributed by atoms with Crippen LogP contribution in [0.25, 0.3) is 0 Å². The van der Waals surface area contributed by atoms with Crippen LogP contribution in [0.2, 0.25) is 0 Å². The highest BCUT2D eigenvalue weighted by Crippen LogP contribution is 2.29. The van der Waals surface area contributed by atoms with Crippen LogP contribution in [-0.2, 0) is 18.3 Å². The number of carbonyl (C=O) groups is 1. The molecule has 0 atom stereocenters. The fourth-order valence-electron chi connectivity index (χ4n) is 5.71. The minimum absolute atomic E-state index is 0.144. The predicted molar refractivity (Wildman–Crippen MR) is 171 cm³/mol. The molecule has 0 saturated carbocycles. The Hall–Kier alpha value is -3.75. The number of thioether (sulfide) groups is 1. The first-order valence-electron chi connectivity index (χ1n) is 15.0. The highest BCUT2D eigenvalue weighted by molar-refractivity contribution is 7.99. The standard InChI is InChI=1S/C35H39FN4O2S/c1-26-30(25-29-17-9-10-18-31(29)36)34(42)38(2)35(37-26)43-24-12-11-19-32(41)39-20-22-40(23-21-39)33(27-13-5-3-6-14-27)28-15-7-4-8-16-28/h3-10,13-18,33H,11-12,19-25H2,1-2H3. The Morgan fingerprint density at radius 3 is 2.12 bits per heavy atom. The van der Waals surface area contributed by atoms with Gasteiger partial charge in [0.1, 0.15) is 5.82 Å². The molecule has 8 heteroatoms. The topological polar surface area (TPSA) is 58.4 Å². The number of aromatic nitrogens is 2. The van der Waals surface area contributed by atoms with Gasteiger partial charge in [-0.25, -0.2) is 9.37 Å². The smallest absolute Gasteiger partial charge is 0.257 e. The van der Waals surface area contributed by atoms with Crippen LogP contribution in [0.4, 0.5) is 4.39 Å². The molecule has 1 saturated heterocycles. The highest BCUT2D eigenvalue weighted by atomic mass is 32.2. The fourth-order valence-corrected chi connectivity index (χ4v) is 6.72. The molecule has 6 nitrogen and oxygen atoms in total.